The molecule has 0 unspecified atom stereocenters. The molecule has 21 heavy (non-hydrogen) atoms. The van der Waals surface area contributed by atoms with Crippen molar-refractivity contribution in [3.63, 3.8) is 0 Å². The Hall–Kier alpha value is -3.01. The van der Waals surface area contributed by atoms with Crippen LogP contribution in [0.3, 0.4) is 0 Å². The standard InChI is InChI=1S/C17H12N4/c1-3-8-18-13(5-1)12-11-16(14-6-2-4-9-19-14)21-15-7-10-20-17(12)15/h1-11,20H. The second kappa shape index (κ2) is 4.83. The minimum absolute atomic E-state index is 0.850. The fourth-order valence-electron chi connectivity index (χ4n) is 2.41. The van der Waals surface area contributed by atoms with E-state index in [0.717, 1.165) is 33.7 Å². The third-order valence-electron chi connectivity index (χ3n) is 3.38. The van der Waals surface area contributed by atoms with E-state index in [4.69, 9.17) is 0 Å². The monoisotopic (exact) mass is 272 g/mol. The van der Waals surface area contributed by atoms with E-state index in [9.17, 15) is 0 Å². The smallest absolute Gasteiger partial charge is 0.0901 e. The fourth-order valence-corrected chi connectivity index (χ4v) is 2.41. The van der Waals surface area contributed by atoms with Crippen molar-refractivity contribution in [2.24, 2.45) is 0 Å². The molecule has 1 N–H and O–H groups in total. The van der Waals surface area contributed by atoms with E-state index in [1.807, 2.05) is 54.7 Å². The zero-order valence-corrected chi connectivity index (χ0v) is 11.2. The molecule has 4 aromatic heterocycles. The lowest BCUT2D eigenvalue weighted by Gasteiger charge is -2.06. The predicted molar refractivity (Wildman–Crippen MR) is 82.6 cm³/mol. The van der Waals surface area contributed by atoms with Crippen molar-refractivity contribution >= 4 is 11.0 Å². The number of nitrogens with zero attached hydrogens (tertiary/aromatic N) is 3. The number of fused-ring (bicyclic) bond motifs is 1. The molecular weight excluding hydrogens is 260 g/mol. The summed E-state index contributed by atoms with van der Waals surface area (Å²) in [5.41, 5.74) is 5.57. The molecule has 4 aromatic rings. The van der Waals surface area contributed by atoms with Crippen molar-refractivity contribution in [3.8, 4) is 22.6 Å². The average Bonchev–Trinajstić information content (AvgIpc) is 3.04. The van der Waals surface area contributed by atoms with Gasteiger partial charge >= 0.3 is 0 Å². The number of aromatic amines is 1. The molecule has 4 heterocycles. The van der Waals surface area contributed by atoms with Crippen molar-refractivity contribution in [2.45, 2.75) is 0 Å². The lowest BCUT2D eigenvalue weighted by molar-refractivity contribution is 1.27. The summed E-state index contributed by atoms with van der Waals surface area (Å²) in [4.78, 5) is 16.7. The Morgan fingerprint density at radius 1 is 0.762 bits per heavy atom. The van der Waals surface area contributed by atoms with Gasteiger partial charge in [-0.1, -0.05) is 12.1 Å². The minimum Gasteiger partial charge on any atom is -0.359 e. The Kier molecular flexibility index (Phi) is 2.71. The molecule has 0 saturated heterocycles. The van der Waals surface area contributed by atoms with E-state index in [-0.39, 0.29) is 0 Å². The summed E-state index contributed by atoms with van der Waals surface area (Å²) in [5, 5.41) is 0. The molecule has 0 amide bonds. The van der Waals surface area contributed by atoms with Crippen LogP contribution < -0.4 is 0 Å². The molecule has 0 radical (unpaired) electrons. The molecular formula is C17H12N4. The van der Waals surface area contributed by atoms with Crippen LogP contribution in [0.15, 0.2) is 67.1 Å². The summed E-state index contributed by atoms with van der Waals surface area (Å²) in [5.74, 6) is 0. The van der Waals surface area contributed by atoms with Crippen LogP contribution in [-0.2, 0) is 0 Å². The van der Waals surface area contributed by atoms with E-state index < -0.39 is 0 Å². The SMILES string of the molecule is c1ccc(-c2cc(-c3ccccn3)c3[nH]ccc3n2)nc1. The number of pyridine rings is 3. The highest BCUT2D eigenvalue weighted by Gasteiger charge is 2.11. The minimum atomic E-state index is 0.850. The molecule has 4 heteroatoms. The second-order valence-electron chi connectivity index (χ2n) is 4.72. The maximum Gasteiger partial charge on any atom is 0.0901 e. The van der Waals surface area contributed by atoms with Gasteiger partial charge in [-0.2, -0.15) is 0 Å². The number of rotatable bonds is 2. The van der Waals surface area contributed by atoms with Crippen LogP contribution in [0.4, 0.5) is 0 Å². The third-order valence-corrected chi connectivity index (χ3v) is 3.38. The van der Waals surface area contributed by atoms with Crippen LogP contribution >= 0.6 is 0 Å². The summed E-state index contributed by atoms with van der Waals surface area (Å²) in [6, 6.07) is 15.7. The number of aromatic nitrogens is 4. The lowest BCUT2D eigenvalue weighted by Crippen LogP contribution is -1.91. The van der Waals surface area contributed by atoms with E-state index >= 15 is 0 Å². The lowest BCUT2D eigenvalue weighted by atomic mass is 10.1. The van der Waals surface area contributed by atoms with Gasteiger partial charge in [0.2, 0.25) is 0 Å². The summed E-state index contributed by atoms with van der Waals surface area (Å²) in [6.07, 6.45) is 5.47. The first-order valence-electron chi connectivity index (χ1n) is 6.73. The first-order chi connectivity index (χ1) is 10.4. The van der Waals surface area contributed by atoms with Crippen molar-refractivity contribution in [2.75, 3.05) is 0 Å². The molecule has 0 aliphatic carbocycles. The first kappa shape index (κ1) is 11.8. The average molecular weight is 272 g/mol. The van der Waals surface area contributed by atoms with E-state index in [0.29, 0.717) is 0 Å². The van der Waals surface area contributed by atoms with Gasteiger partial charge in [0.25, 0.3) is 0 Å². The van der Waals surface area contributed by atoms with Crippen molar-refractivity contribution < 1.29 is 0 Å². The summed E-state index contributed by atoms with van der Waals surface area (Å²) >= 11 is 0. The van der Waals surface area contributed by atoms with E-state index in [1.54, 1.807) is 12.4 Å². The Balaban J connectivity index is 2.00. The van der Waals surface area contributed by atoms with Crippen molar-refractivity contribution in [1.29, 1.82) is 0 Å². The number of H-pyrrole nitrogens is 1. The maximum absolute atomic E-state index is 4.67. The quantitative estimate of drug-likeness (QED) is 0.605. The van der Waals surface area contributed by atoms with Gasteiger partial charge in [0.15, 0.2) is 0 Å². The van der Waals surface area contributed by atoms with Gasteiger partial charge in [0, 0.05) is 24.2 Å². The molecule has 0 saturated carbocycles. The van der Waals surface area contributed by atoms with Gasteiger partial charge in [0.1, 0.15) is 0 Å². The Labute approximate surface area is 121 Å². The molecule has 4 nitrogen and oxygen atoms in total. The van der Waals surface area contributed by atoms with Crippen LogP contribution in [0.25, 0.3) is 33.7 Å². The summed E-state index contributed by atoms with van der Waals surface area (Å²) < 4.78 is 0. The number of nitrogens with one attached hydrogen (secondary N) is 1. The van der Waals surface area contributed by atoms with Crippen LogP contribution in [0, 0.1) is 0 Å². The third kappa shape index (κ3) is 2.07. The zero-order valence-electron chi connectivity index (χ0n) is 11.2. The highest BCUT2D eigenvalue weighted by Crippen LogP contribution is 2.29. The van der Waals surface area contributed by atoms with Crippen LogP contribution in [0.5, 0.6) is 0 Å². The highest BCUT2D eigenvalue weighted by molar-refractivity contribution is 5.93. The fraction of sp³-hybridized carbons (Fsp3) is 0. The van der Waals surface area contributed by atoms with Crippen LogP contribution in [-0.4, -0.2) is 19.9 Å². The molecule has 0 aliphatic heterocycles. The van der Waals surface area contributed by atoms with Crippen LogP contribution in [0.1, 0.15) is 0 Å². The predicted octanol–water partition coefficient (Wildman–Crippen LogP) is 3.69. The van der Waals surface area contributed by atoms with Gasteiger partial charge < -0.3 is 4.98 Å². The maximum atomic E-state index is 4.67. The summed E-state index contributed by atoms with van der Waals surface area (Å²) in [7, 11) is 0. The largest absolute Gasteiger partial charge is 0.359 e. The molecule has 100 valence electrons. The van der Waals surface area contributed by atoms with Gasteiger partial charge in [-0.05, 0) is 36.4 Å². The van der Waals surface area contributed by atoms with Crippen molar-refractivity contribution in [3.05, 3.63) is 67.1 Å². The first-order valence-corrected chi connectivity index (χ1v) is 6.73. The number of hydrogen-bond acceptors (Lipinski definition) is 3. The molecule has 0 spiro atoms. The topological polar surface area (TPSA) is 54.5 Å². The van der Waals surface area contributed by atoms with Crippen LogP contribution in [0.2, 0.25) is 0 Å². The molecule has 4 rings (SSSR count). The molecule has 0 aromatic carbocycles. The Morgan fingerprint density at radius 3 is 2.24 bits per heavy atom. The van der Waals surface area contributed by atoms with E-state index in [1.165, 1.54) is 0 Å². The highest BCUT2D eigenvalue weighted by atomic mass is 14.8. The second-order valence-corrected chi connectivity index (χ2v) is 4.72. The van der Waals surface area contributed by atoms with Gasteiger partial charge in [-0.3, -0.25) is 9.97 Å². The Bertz CT molecular complexity index is 882. The summed E-state index contributed by atoms with van der Waals surface area (Å²) in [6.45, 7) is 0. The molecule has 0 aliphatic rings. The van der Waals surface area contributed by atoms with E-state index in [2.05, 4.69) is 19.9 Å². The number of hydrogen-bond donors (Lipinski definition) is 1. The normalized spacial score (nSPS) is 10.9. The van der Waals surface area contributed by atoms with Gasteiger partial charge in [0.05, 0.1) is 28.1 Å². The Morgan fingerprint density at radius 2 is 1.52 bits per heavy atom. The zero-order chi connectivity index (χ0) is 14.1. The molecule has 0 bridgehead atoms. The van der Waals surface area contributed by atoms with Gasteiger partial charge in [-0.15, -0.1) is 0 Å². The van der Waals surface area contributed by atoms with Crippen molar-refractivity contribution in [1.82, 2.24) is 19.9 Å². The molecule has 0 fully saturated rings. The molecule has 0 atom stereocenters. The van der Waals surface area contributed by atoms with Gasteiger partial charge in [-0.25, -0.2) is 4.98 Å².